The van der Waals surface area contributed by atoms with Crippen LogP contribution in [0.3, 0.4) is 0 Å². The molecule has 10 heteroatoms. The van der Waals surface area contributed by atoms with E-state index in [1.807, 2.05) is 41.8 Å². The quantitative estimate of drug-likeness (QED) is 0.385. The van der Waals surface area contributed by atoms with Crippen molar-refractivity contribution in [1.29, 1.82) is 0 Å². The monoisotopic (exact) mass is 490 g/mol. The molecule has 0 unspecified atom stereocenters. The Morgan fingerprint density at radius 3 is 2.44 bits per heavy atom. The summed E-state index contributed by atoms with van der Waals surface area (Å²) in [7, 11) is 3.22. The lowest BCUT2D eigenvalue weighted by atomic mass is 10.2. The van der Waals surface area contributed by atoms with Crippen molar-refractivity contribution < 1.29 is 19.3 Å². The van der Waals surface area contributed by atoms with Crippen molar-refractivity contribution >= 4 is 17.0 Å². The summed E-state index contributed by atoms with van der Waals surface area (Å²) in [6.07, 6.45) is 0. The van der Waals surface area contributed by atoms with Crippen molar-refractivity contribution in [2.45, 2.75) is 6.92 Å². The standard InChI is InChI=1S/C26H30N6O4/c1-17-28-24(27-10-11-31-12-14-36-15-13-31)23-26(29-17)32(19-6-9-21(34-2)22(16-19)35-3)25(30-23)18-4-7-20(33)8-5-18/h4-9,16,33H,10-15H2,1-3H3,(H,27,28,29). The topological polar surface area (TPSA) is 107 Å². The number of hydrogen-bond donors (Lipinski definition) is 2. The molecule has 4 aromatic rings. The van der Waals surface area contributed by atoms with E-state index in [0.29, 0.717) is 40.1 Å². The Morgan fingerprint density at radius 1 is 0.972 bits per heavy atom. The molecule has 0 radical (unpaired) electrons. The lowest BCUT2D eigenvalue weighted by molar-refractivity contribution is 0.0398. The van der Waals surface area contributed by atoms with E-state index in [1.165, 1.54) is 0 Å². The minimum atomic E-state index is 0.189. The highest BCUT2D eigenvalue weighted by Crippen LogP contribution is 2.35. The Kier molecular flexibility index (Phi) is 6.88. The molecule has 1 saturated heterocycles. The molecule has 0 aliphatic carbocycles. The molecule has 0 saturated carbocycles. The lowest BCUT2D eigenvalue weighted by Crippen LogP contribution is -2.39. The molecule has 0 atom stereocenters. The van der Waals surface area contributed by atoms with Gasteiger partial charge in [0, 0.05) is 37.8 Å². The summed E-state index contributed by atoms with van der Waals surface area (Å²) in [4.78, 5) is 16.8. The van der Waals surface area contributed by atoms with Crippen LogP contribution in [0.1, 0.15) is 5.82 Å². The summed E-state index contributed by atoms with van der Waals surface area (Å²) in [5.74, 6) is 3.42. The first-order valence-corrected chi connectivity index (χ1v) is 11.9. The molecule has 0 bridgehead atoms. The Bertz CT molecular complexity index is 1350. The van der Waals surface area contributed by atoms with Gasteiger partial charge in [-0.1, -0.05) is 0 Å². The van der Waals surface area contributed by atoms with Crippen LogP contribution in [0.15, 0.2) is 42.5 Å². The number of aryl methyl sites for hydroxylation is 1. The third-order valence-corrected chi connectivity index (χ3v) is 6.19. The number of rotatable bonds is 8. The molecule has 2 aromatic carbocycles. The van der Waals surface area contributed by atoms with Gasteiger partial charge < -0.3 is 24.6 Å². The van der Waals surface area contributed by atoms with Crippen LogP contribution in [0.2, 0.25) is 0 Å². The number of methoxy groups -OCH3 is 2. The van der Waals surface area contributed by atoms with Crippen LogP contribution >= 0.6 is 0 Å². The third kappa shape index (κ3) is 4.77. The number of morpholine rings is 1. The third-order valence-electron chi connectivity index (χ3n) is 6.19. The van der Waals surface area contributed by atoms with Crippen molar-refractivity contribution in [1.82, 2.24) is 24.4 Å². The zero-order chi connectivity index (χ0) is 25.1. The first kappa shape index (κ1) is 23.8. The Labute approximate surface area is 209 Å². The first-order valence-electron chi connectivity index (χ1n) is 11.9. The molecule has 0 spiro atoms. The van der Waals surface area contributed by atoms with Crippen LogP contribution < -0.4 is 14.8 Å². The molecule has 36 heavy (non-hydrogen) atoms. The molecule has 188 valence electrons. The fourth-order valence-electron chi connectivity index (χ4n) is 4.36. The molecule has 2 N–H and O–H groups in total. The van der Waals surface area contributed by atoms with Gasteiger partial charge in [0.05, 0.1) is 33.1 Å². The van der Waals surface area contributed by atoms with Gasteiger partial charge >= 0.3 is 0 Å². The highest BCUT2D eigenvalue weighted by atomic mass is 16.5. The van der Waals surface area contributed by atoms with Gasteiger partial charge in [0.25, 0.3) is 0 Å². The summed E-state index contributed by atoms with van der Waals surface area (Å²) < 4.78 is 18.4. The van der Waals surface area contributed by atoms with E-state index in [-0.39, 0.29) is 5.75 Å². The predicted octanol–water partition coefficient (Wildman–Crippen LogP) is 3.26. The molecule has 0 amide bonds. The van der Waals surface area contributed by atoms with Crippen molar-refractivity contribution in [2.75, 3.05) is 58.9 Å². The van der Waals surface area contributed by atoms with Gasteiger partial charge in [0.2, 0.25) is 0 Å². The summed E-state index contributed by atoms with van der Waals surface area (Å²) in [6, 6.07) is 12.6. The molecular formula is C26H30N6O4. The second kappa shape index (κ2) is 10.4. The summed E-state index contributed by atoms with van der Waals surface area (Å²) in [6.45, 7) is 6.87. The number of aromatic nitrogens is 4. The number of anilines is 1. The van der Waals surface area contributed by atoms with Crippen molar-refractivity contribution in [3.05, 3.63) is 48.3 Å². The van der Waals surface area contributed by atoms with Crippen LogP contribution in [0.25, 0.3) is 28.2 Å². The minimum Gasteiger partial charge on any atom is -0.508 e. The number of benzene rings is 2. The van der Waals surface area contributed by atoms with Gasteiger partial charge in [-0.25, -0.2) is 15.0 Å². The number of imidazole rings is 1. The van der Waals surface area contributed by atoms with Crippen molar-refractivity contribution in [3.8, 4) is 34.3 Å². The maximum atomic E-state index is 9.84. The fraction of sp³-hybridized carbons (Fsp3) is 0.346. The normalized spacial score (nSPS) is 14.2. The SMILES string of the molecule is COc1ccc(-n2c(-c3ccc(O)cc3)nc3c(NCCN4CCOCC4)nc(C)nc32)cc1OC. The van der Waals surface area contributed by atoms with Gasteiger partial charge in [0.1, 0.15) is 17.4 Å². The molecule has 10 nitrogen and oxygen atoms in total. The second-order valence-corrected chi connectivity index (χ2v) is 8.53. The number of nitrogens with zero attached hydrogens (tertiary/aromatic N) is 5. The zero-order valence-corrected chi connectivity index (χ0v) is 20.7. The summed E-state index contributed by atoms with van der Waals surface area (Å²) in [5.41, 5.74) is 2.99. The average Bonchev–Trinajstić information content (AvgIpc) is 3.28. The summed E-state index contributed by atoms with van der Waals surface area (Å²) in [5, 5.41) is 13.3. The van der Waals surface area contributed by atoms with Crippen molar-refractivity contribution in [3.63, 3.8) is 0 Å². The zero-order valence-electron chi connectivity index (χ0n) is 20.7. The maximum Gasteiger partial charge on any atom is 0.170 e. The van der Waals surface area contributed by atoms with Crippen molar-refractivity contribution in [2.24, 2.45) is 0 Å². The van der Waals surface area contributed by atoms with Crippen LogP contribution in [-0.2, 0) is 4.74 Å². The number of fused-ring (bicyclic) bond motifs is 1. The van der Waals surface area contributed by atoms with E-state index in [2.05, 4.69) is 15.2 Å². The molecule has 3 heterocycles. The fourth-order valence-corrected chi connectivity index (χ4v) is 4.36. The van der Waals surface area contributed by atoms with Crippen LogP contribution in [0.5, 0.6) is 17.2 Å². The number of phenols is 1. The number of aromatic hydroxyl groups is 1. The van der Waals surface area contributed by atoms with E-state index < -0.39 is 0 Å². The van der Waals surface area contributed by atoms with E-state index in [9.17, 15) is 5.11 Å². The van der Waals surface area contributed by atoms with Gasteiger partial charge in [-0.2, -0.15) is 0 Å². The van der Waals surface area contributed by atoms with Gasteiger partial charge in [-0.15, -0.1) is 0 Å². The highest BCUT2D eigenvalue weighted by molar-refractivity contribution is 5.88. The minimum absolute atomic E-state index is 0.189. The Morgan fingerprint density at radius 2 is 1.72 bits per heavy atom. The Balaban J connectivity index is 1.60. The van der Waals surface area contributed by atoms with Crippen LogP contribution in [-0.4, -0.2) is 83.1 Å². The molecular weight excluding hydrogens is 460 g/mol. The average molecular weight is 491 g/mol. The summed E-state index contributed by atoms with van der Waals surface area (Å²) >= 11 is 0. The van der Waals surface area contributed by atoms with Crippen LogP contribution in [0, 0.1) is 6.92 Å². The van der Waals surface area contributed by atoms with Crippen LogP contribution in [0.4, 0.5) is 5.82 Å². The number of phenolic OH excluding ortho intramolecular Hbond substituents is 1. The van der Waals surface area contributed by atoms with E-state index in [1.54, 1.807) is 26.4 Å². The highest BCUT2D eigenvalue weighted by Gasteiger charge is 2.21. The molecule has 1 aliphatic rings. The molecule has 1 fully saturated rings. The van der Waals surface area contributed by atoms with Gasteiger partial charge in [-0.05, 0) is 43.3 Å². The number of nitrogens with one attached hydrogen (secondary N) is 1. The molecule has 5 rings (SSSR count). The van der Waals surface area contributed by atoms with E-state index in [4.69, 9.17) is 24.2 Å². The Hall–Kier alpha value is -3.89. The molecule has 2 aromatic heterocycles. The number of hydrogen-bond acceptors (Lipinski definition) is 9. The smallest absolute Gasteiger partial charge is 0.170 e. The van der Waals surface area contributed by atoms with E-state index >= 15 is 0 Å². The lowest BCUT2D eigenvalue weighted by Gasteiger charge is -2.26. The van der Waals surface area contributed by atoms with E-state index in [0.717, 1.165) is 50.6 Å². The maximum absolute atomic E-state index is 9.84. The number of ether oxygens (including phenoxy) is 3. The van der Waals surface area contributed by atoms with Gasteiger partial charge in [-0.3, -0.25) is 9.47 Å². The first-order chi connectivity index (χ1) is 17.6. The second-order valence-electron chi connectivity index (χ2n) is 8.53. The largest absolute Gasteiger partial charge is 0.508 e. The van der Waals surface area contributed by atoms with Gasteiger partial charge in [0.15, 0.2) is 28.5 Å². The molecule has 1 aliphatic heterocycles. The predicted molar refractivity (Wildman–Crippen MR) is 137 cm³/mol.